The highest BCUT2D eigenvalue weighted by atomic mass is 32.2. The van der Waals surface area contributed by atoms with Crippen LogP contribution in [-0.4, -0.2) is 101 Å². The van der Waals surface area contributed by atoms with Crippen LogP contribution in [0.15, 0.2) is 0 Å². The van der Waals surface area contributed by atoms with Crippen LogP contribution in [0.5, 0.6) is 0 Å². The number of amides is 2. The Kier molecular flexibility index (Phi) is 8.17. The van der Waals surface area contributed by atoms with E-state index < -0.39 is 5.97 Å². The molecule has 2 rings (SSSR count). The molecule has 0 spiro atoms. The summed E-state index contributed by atoms with van der Waals surface area (Å²) in [5, 5.41) is 8.85. The molecule has 1 N–H and O–H groups in total. The maximum atomic E-state index is 13.0. The second-order valence-corrected chi connectivity index (χ2v) is 7.85. The molecule has 2 aliphatic rings. The molecular formula is C17H29N3O5S. The first-order chi connectivity index (χ1) is 12.4. The van der Waals surface area contributed by atoms with Gasteiger partial charge in [0, 0.05) is 31.8 Å². The van der Waals surface area contributed by atoms with E-state index >= 15 is 0 Å². The first-order valence-electron chi connectivity index (χ1n) is 9.10. The maximum absolute atomic E-state index is 13.0. The number of carboxylic acid groups (broad SMARTS) is 1. The average molecular weight is 388 g/mol. The normalized spacial score (nSPS) is 23.5. The Morgan fingerprint density at radius 1 is 1.35 bits per heavy atom. The fourth-order valence-corrected chi connectivity index (χ4v) is 4.42. The Bertz CT molecular complexity index is 519. The number of hydrogen-bond acceptors (Lipinski definition) is 6. The summed E-state index contributed by atoms with van der Waals surface area (Å²) in [6.07, 6.45) is 2.08. The van der Waals surface area contributed by atoms with Crippen molar-refractivity contribution in [3.05, 3.63) is 0 Å². The number of rotatable bonds is 8. The molecule has 2 atom stereocenters. The molecule has 2 fully saturated rings. The van der Waals surface area contributed by atoms with Crippen LogP contribution in [-0.2, 0) is 19.1 Å². The van der Waals surface area contributed by atoms with Gasteiger partial charge in [-0.1, -0.05) is 13.3 Å². The smallest absolute Gasteiger partial charge is 0.317 e. The predicted molar refractivity (Wildman–Crippen MR) is 98.9 cm³/mol. The van der Waals surface area contributed by atoms with Gasteiger partial charge in [0.15, 0.2) is 0 Å². The van der Waals surface area contributed by atoms with Crippen LogP contribution >= 0.6 is 11.8 Å². The third-order valence-electron chi connectivity index (χ3n) is 4.60. The van der Waals surface area contributed by atoms with E-state index in [1.165, 1.54) is 0 Å². The van der Waals surface area contributed by atoms with Gasteiger partial charge in [-0.3, -0.25) is 19.3 Å². The molecule has 2 heterocycles. The van der Waals surface area contributed by atoms with Crippen LogP contribution < -0.4 is 0 Å². The minimum Gasteiger partial charge on any atom is -0.480 e. The third kappa shape index (κ3) is 5.85. The van der Waals surface area contributed by atoms with Crippen molar-refractivity contribution in [3.63, 3.8) is 0 Å². The monoisotopic (exact) mass is 387 g/mol. The number of carbonyl (C=O) groups is 3. The minimum atomic E-state index is -0.888. The molecule has 2 saturated heterocycles. The molecule has 0 saturated carbocycles. The highest BCUT2D eigenvalue weighted by molar-refractivity contribution is 7.99. The average Bonchev–Trinajstić information content (AvgIpc) is 3.08. The van der Waals surface area contributed by atoms with E-state index in [-0.39, 0.29) is 30.5 Å². The molecule has 0 bridgehead atoms. The van der Waals surface area contributed by atoms with Crippen molar-refractivity contribution in [2.75, 3.05) is 51.5 Å². The minimum absolute atomic E-state index is 0.0194. The van der Waals surface area contributed by atoms with E-state index in [4.69, 9.17) is 9.84 Å². The van der Waals surface area contributed by atoms with Crippen molar-refractivity contribution in [1.29, 1.82) is 0 Å². The summed E-state index contributed by atoms with van der Waals surface area (Å²) < 4.78 is 5.69. The standard InChI is InChI=1S/C17H29N3O5S/c1-3-4-5-15(21)20-12-26-11-14(20)17(24)19-6-7-25-13(9-19)8-18(2)10-16(22)23/h13-14H,3-12H2,1-2H3,(H,22,23). The van der Waals surface area contributed by atoms with E-state index in [0.717, 1.165) is 12.8 Å². The molecule has 148 valence electrons. The van der Waals surface area contributed by atoms with Crippen molar-refractivity contribution in [2.45, 2.75) is 38.3 Å². The Labute approximate surface area is 158 Å². The lowest BCUT2D eigenvalue weighted by Gasteiger charge is -2.37. The molecule has 2 unspecified atom stereocenters. The number of unbranched alkanes of at least 4 members (excludes halogenated alkanes) is 1. The molecule has 0 aromatic carbocycles. The van der Waals surface area contributed by atoms with Gasteiger partial charge in [-0.2, -0.15) is 0 Å². The van der Waals surface area contributed by atoms with Gasteiger partial charge < -0.3 is 19.6 Å². The van der Waals surface area contributed by atoms with Crippen LogP contribution in [0.1, 0.15) is 26.2 Å². The zero-order chi connectivity index (χ0) is 19.1. The fourth-order valence-electron chi connectivity index (χ4n) is 3.25. The van der Waals surface area contributed by atoms with Crippen LogP contribution in [0.2, 0.25) is 0 Å². The lowest BCUT2D eigenvalue weighted by molar-refractivity contribution is -0.149. The lowest BCUT2D eigenvalue weighted by atomic mass is 10.1. The van der Waals surface area contributed by atoms with Crippen molar-refractivity contribution in [3.8, 4) is 0 Å². The Morgan fingerprint density at radius 2 is 2.12 bits per heavy atom. The van der Waals surface area contributed by atoms with Crippen molar-refractivity contribution in [2.24, 2.45) is 0 Å². The number of carbonyl (C=O) groups excluding carboxylic acids is 2. The molecule has 2 amide bonds. The van der Waals surface area contributed by atoms with Gasteiger partial charge >= 0.3 is 5.97 Å². The van der Waals surface area contributed by atoms with Crippen LogP contribution in [0.3, 0.4) is 0 Å². The van der Waals surface area contributed by atoms with Gasteiger partial charge in [0.25, 0.3) is 0 Å². The second kappa shape index (κ2) is 10.1. The number of hydrogen-bond donors (Lipinski definition) is 1. The van der Waals surface area contributed by atoms with Crippen LogP contribution in [0.25, 0.3) is 0 Å². The van der Waals surface area contributed by atoms with E-state index in [9.17, 15) is 14.4 Å². The summed E-state index contributed by atoms with van der Waals surface area (Å²) in [4.78, 5) is 41.3. The number of carboxylic acids is 1. The number of ether oxygens (including phenoxy) is 1. The van der Waals surface area contributed by atoms with E-state index in [1.54, 1.807) is 33.5 Å². The molecule has 0 aromatic heterocycles. The number of likely N-dealkylation sites (N-methyl/N-ethyl adjacent to an activating group) is 1. The highest BCUT2D eigenvalue weighted by Gasteiger charge is 2.38. The Morgan fingerprint density at radius 3 is 2.81 bits per heavy atom. The lowest BCUT2D eigenvalue weighted by Crippen LogP contribution is -2.55. The maximum Gasteiger partial charge on any atom is 0.317 e. The van der Waals surface area contributed by atoms with Gasteiger partial charge in [0.05, 0.1) is 25.1 Å². The van der Waals surface area contributed by atoms with Gasteiger partial charge in [-0.05, 0) is 13.5 Å². The van der Waals surface area contributed by atoms with Crippen molar-refractivity contribution < 1.29 is 24.2 Å². The van der Waals surface area contributed by atoms with E-state index in [0.29, 0.717) is 44.3 Å². The largest absolute Gasteiger partial charge is 0.480 e. The van der Waals surface area contributed by atoms with Gasteiger partial charge in [-0.15, -0.1) is 11.8 Å². The quantitative estimate of drug-likeness (QED) is 0.641. The van der Waals surface area contributed by atoms with Crippen molar-refractivity contribution >= 4 is 29.5 Å². The summed E-state index contributed by atoms with van der Waals surface area (Å²) in [5.74, 6) is 0.363. The number of thioether (sulfide) groups is 1. The molecule has 0 aliphatic carbocycles. The fraction of sp³-hybridized carbons (Fsp3) is 0.824. The summed E-state index contributed by atoms with van der Waals surface area (Å²) in [6, 6.07) is -0.389. The van der Waals surface area contributed by atoms with E-state index in [2.05, 4.69) is 0 Å². The predicted octanol–water partition coefficient (Wildman–Crippen LogP) is 0.322. The molecule has 26 heavy (non-hydrogen) atoms. The van der Waals surface area contributed by atoms with Crippen LogP contribution in [0.4, 0.5) is 0 Å². The summed E-state index contributed by atoms with van der Waals surface area (Å²) >= 11 is 1.62. The molecule has 0 aromatic rings. The molecule has 8 nitrogen and oxygen atoms in total. The highest BCUT2D eigenvalue weighted by Crippen LogP contribution is 2.24. The SMILES string of the molecule is CCCCC(=O)N1CSCC1C(=O)N1CCOC(CN(C)CC(=O)O)C1. The van der Waals surface area contributed by atoms with Gasteiger partial charge in [0.2, 0.25) is 11.8 Å². The summed E-state index contributed by atoms with van der Waals surface area (Å²) in [7, 11) is 1.72. The number of nitrogens with zero attached hydrogens (tertiary/aromatic N) is 3. The number of aliphatic carboxylic acids is 1. The molecule has 9 heteroatoms. The van der Waals surface area contributed by atoms with Crippen LogP contribution in [0, 0.1) is 0 Å². The third-order valence-corrected chi connectivity index (χ3v) is 5.62. The summed E-state index contributed by atoms with van der Waals surface area (Å²) in [5.41, 5.74) is 0. The Balaban J connectivity index is 1.91. The molecule has 2 aliphatic heterocycles. The van der Waals surface area contributed by atoms with Crippen molar-refractivity contribution in [1.82, 2.24) is 14.7 Å². The summed E-state index contributed by atoms with van der Waals surface area (Å²) in [6.45, 7) is 3.81. The Hall–Kier alpha value is -1.32. The molecule has 0 radical (unpaired) electrons. The van der Waals surface area contributed by atoms with Gasteiger partial charge in [0.1, 0.15) is 6.04 Å². The van der Waals surface area contributed by atoms with Gasteiger partial charge in [-0.25, -0.2) is 0 Å². The molecular weight excluding hydrogens is 358 g/mol. The first-order valence-corrected chi connectivity index (χ1v) is 10.3. The number of morpholine rings is 1. The van der Waals surface area contributed by atoms with E-state index in [1.807, 2.05) is 6.92 Å². The zero-order valence-corrected chi connectivity index (χ0v) is 16.4. The first kappa shape index (κ1) is 21.0. The topological polar surface area (TPSA) is 90.4 Å². The zero-order valence-electron chi connectivity index (χ0n) is 15.6. The second-order valence-electron chi connectivity index (χ2n) is 6.85.